The third-order valence-electron chi connectivity index (χ3n) is 5.61. The summed E-state index contributed by atoms with van der Waals surface area (Å²) in [4.78, 5) is 18.2. The summed E-state index contributed by atoms with van der Waals surface area (Å²) in [6.45, 7) is 0.448. The fourth-order valence-electron chi connectivity index (χ4n) is 4.57. The molecule has 4 rings (SSSR count). The molecule has 0 bridgehead atoms. The molecule has 1 aromatic heterocycles. The van der Waals surface area contributed by atoms with Crippen molar-refractivity contribution in [3.05, 3.63) is 41.8 Å². The summed E-state index contributed by atoms with van der Waals surface area (Å²) in [7, 11) is 0. The molecule has 0 spiro atoms. The number of hydrogen-bond donors (Lipinski definition) is 1. The van der Waals surface area contributed by atoms with E-state index in [9.17, 15) is 14.3 Å². The second-order valence-corrected chi connectivity index (χ2v) is 7.01. The van der Waals surface area contributed by atoms with Crippen molar-refractivity contribution in [1.82, 2.24) is 9.88 Å². The molecule has 0 radical (unpaired) electrons. The van der Waals surface area contributed by atoms with Gasteiger partial charge in [0.15, 0.2) is 0 Å². The molecule has 4 nitrogen and oxygen atoms in total. The Labute approximate surface area is 140 Å². The molecular weight excluding hydrogens is 307 g/mol. The van der Waals surface area contributed by atoms with Crippen molar-refractivity contribution in [2.75, 3.05) is 0 Å². The lowest BCUT2D eigenvalue weighted by molar-refractivity contribution is -0.142. The molecule has 0 unspecified atom stereocenters. The Balaban J connectivity index is 1.71. The number of aliphatic carboxylic acids is 1. The minimum Gasteiger partial charge on any atom is -0.480 e. The first-order valence-electron chi connectivity index (χ1n) is 8.65. The quantitative estimate of drug-likeness (QED) is 0.935. The fourth-order valence-corrected chi connectivity index (χ4v) is 4.57. The lowest BCUT2D eigenvalue weighted by Crippen LogP contribution is -2.41. The summed E-state index contributed by atoms with van der Waals surface area (Å²) >= 11 is 0. The van der Waals surface area contributed by atoms with E-state index in [1.165, 1.54) is 18.6 Å². The smallest absolute Gasteiger partial charge is 0.320 e. The average Bonchev–Trinajstić information content (AvgIpc) is 2.94. The van der Waals surface area contributed by atoms with Crippen LogP contribution in [-0.2, 0) is 11.3 Å². The second kappa shape index (κ2) is 6.13. The van der Waals surface area contributed by atoms with E-state index in [-0.39, 0.29) is 5.82 Å². The lowest BCUT2D eigenvalue weighted by atomic mass is 9.84. The van der Waals surface area contributed by atoms with Gasteiger partial charge in [-0.25, -0.2) is 4.39 Å². The molecule has 2 aromatic rings. The number of rotatable bonds is 3. The highest BCUT2D eigenvalue weighted by Gasteiger charge is 2.45. The Kier molecular flexibility index (Phi) is 3.96. The molecule has 126 valence electrons. The van der Waals surface area contributed by atoms with Crippen LogP contribution in [0.25, 0.3) is 10.9 Å². The van der Waals surface area contributed by atoms with E-state index in [1.54, 1.807) is 12.3 Å². The number of carbonyl (C=O) groups is 1. The van der Waals surface area contributed by atoms with Crippen molar-refractivity contribution in [3.63, 3.8) is 0 Å². The summed E-state index contributed by atoms with van der Waals surface area (Å²) in [5, 5.41) is 10.4. The van der Waals surface area contributed by atoms with Gasteiger partial charge in [0.2, 0.25) is 0 Å². The van der Waals surface area contributed by atoms with E-state index < -0.39 is 12.0 Å². The van der Waals surface area contributed by atoms with Crippen LogP contribution < -0.4 is 0 Å². The van der Waals surface area contributed by atoms with E-state index in [1.807, 2.05) is 6.07 Å². The zero-order valence-corrected chi connectivity index (χ0v) is 13.5. The first-order valence-corrected chi connectivity index (χ1v) is 8.65. The molecule has 1 saturated heterocycles. The van der Waals surface area contributed by atoms with Gasteiger partial charge in [-0.15, -0.1) is 0 Å². The van der Waals surface area contributed by atoms with Crippen molar-refractivity contribution in [2.45, 2.75) is 50.7 Å². The largest absolute Gasteiger partial charge is 0.480 e. The van der Waals surface area contributed by atoms with Gasteiger partial charge in [0, 0.05) is 24.2 Å². The third-order valence-corrected chi connectivity index (χ3v) is 5.61. The maximum atomic E-state index is 14.0. The molecule has 1 aromatic carbocycles. The molecule has 2 aliphatic rings. The van der Waals surface area contributed by atoms with Crippen molar-refractivity contribution in [1.29, 1.82) is 0 Å². The summed E-state index contributed by atoms with van der Waals surface area (Å²) in [5.74, 6) is -0.609. The van der Waals surface area contributed by atoms with Gasteiger partial charge < -0.3 is 5.11 Å². The molecule has 2 heterocycles. The summed E-state index contributed by atoms with van der Waals surface area (Å²) in [5.41, 5.74) is 1.55. The van der Waals surface area contributed by atoms with Crippen LogP contribution in [0.2, 0.25) is 0 Å². The number of benzene rings is 1. The summed E-state index contributed by atoms with van der Waals surface area (Å²) in [6.07, 6.45) is 6.88. The number of aromatic nitrogens is 1. The van der Waals surface area contributed by atoms with Gasteiger partial charge in [-0.1, -0.05) is 18.9 Å². The van der Waals surface area contributed by atoms with Gasteiger partial charge in [0.25, 0.3) is 0 Å². The van der Waals surface area contributed by atoms with E-state index in [0.717, 1.165) is 35.7 Å². The normalized spacial score (nSPS) is 27.3. The predicted molar refractivity (Wildman–Crippen MR) is 89.0 cm³/mol. The Morgan fingerprint density at radius 2 is 2.17 bits per heavy atom. The average molecular weight is 328 g/mol. The van der Waals surface area contributed by atoms with Gasteiger partial charge >= 0.3 is 5.97 Å². The number of fused-ring (bicyclic) bond motifs is 2. The summed E-state index contributed by atoms with van der Waals surface area (Å²) in [6, 6.07) is 6.44. The standard InChI is InChI=1S/C19H21FN2O2/c20-15-8-13-5-3-7-21-18(13)14(9-15)11-22-16-6-2-1-4-12(16)10-17(22)19(23)24/h3,5,7-9,12,16-17H,1-2,4,6,10-11H2,(H,23,24)/t12-,16+,17-/m0/s1. The van der Waals surface area contributed by atoms with E-state index in [2.05, 4.69) is 9.88 Å². The highest BCUT2D eigenvalue weighted by atomic mass is 19.1. The van der Waals surface area contributed by atoms with Crippen LogP contribution in [0.3, 0.4) is 0 Å². The molecule has 3 atom stereocenters. The highest BCUT2D eigenvalue weighted by Crippen LogP contribution is 2.41. The fraction of sp³-hybridized carbons (Fsp3) is 0.474. The molecule has 1 N–H and O–H groups in total. The van der Waals surface area contributed by atoms with Crippen LogP contribution in [-0.4, -0.2) is 33.0 Å². The molecule has 2 fully saturated rings. The van der Waals surface area contributed by atoms with E-state index in [0.29, 0.717) is 24.9 Å². The van der Waals surface area contributed by atoms with Gasteiger partial charge in [-0.2, -0.15) is 0 Å². The maximum Gasteiger partial charge on any atom is 0.320 e. The number of pyridine rings is 1. The van der Waals surface area contributed by atoms with Gasteiger partial charge in [-0.05, 0) is 48.9 Å². The Morgan fingerprint density at radius 1 is 1.33 bits per heavy atom. The maximum absolute atomic E-state index is 14.0. The third kappa shape index (κ3) is 2.67. The zero-order valence-electron chi connectivity index (χ0n) is 13.5. The Bertz CT molecular complexity index is 779. The predicted octanol–water partition coefficient (Wildman–Crippen LogP) is 3.59. The number of carboxylic acid groups (broad SMARTS) is 1. The Hall–Kier alpha value is -2.01. The topological polar surface area (TPSA) is 53.4 Å². The summed E-state index contributed by atoms with van der Waals surface area (Å²) < 4.78 is 14.0. The van der Waals surface area contributed by atoms with Gasteiger partial charge in [-0.3, -0.25) is 14.7 Å². The molecule has 0 amide bonds. The van der Waals surface area contributed by atoms with Crippen molar-refractivity contribution < 1.29 is 14.3 Å². The number of nitrogens with zero attached hydrogens (tertiary/aromatic N) is 2. The van der Waals surface area contributed by atoms with Crippen molar-refractivity contribution in [3.8, 4) is 0 Å². The molecule has 5 heteroatoms. The van der Waals surface area contributed by atoms with E-state index in [4.69, 9.17) is 0 Å². The minimum atomic E-state index is -0.766. The first-order chi connectivity index (χ1) is 11.6. The minimum absolute atomic E-state index is 0.293. The van der Waals surface area contributed by atoms with Crippen LogP contribution in [0.15, 0.2) is 30.5 Å². The van der Waals surface area contributed by atoms with Gasteiger partial charge in [0.1, 0.15) is 11.9 Å². The van der Waals surface area contributed by atoms with Crippen molar-refractivity contribution >= 4 is 16.9 Å². The molecule has 1 saturated carbocycles. The van der Waals surface area contributed by atoms with Gasteiger partial charge in [0.05, 0.1) is 5.52 Å². The lowest BCUT2D eigenvalue weighted by Gasteiger charge is -2.33. The molecular formula is C19H21FN2O2. The SMILES string of the molecule is O=C(O)[C@@H]1C[C@@H]2CCCC[C@H]2N1Cc1cc(F)cc2cccnc12. The van der Waals surface area contributed by atoms with Crippen LogP contribution >= 0.6 is 0 Å². The number of likely N-dealkylation sites (tertiary alicyclic amines) is 1. The zero-order chi connectivity index (χ0) is 16.7. The van der Waals surface area contributed by atoms with Crippen LogP contribution in [0.4, 0.5) is 4.39 Å². The van der Waals surface area contributed by atoms with Crippen LogP contribution in [0.5, 0.6) is 0 Å². The number of carboxylic acids is 1. The van der Waals surface area contributed by atoms with Crippen LogP contribution in [0, 0.1) is 11.7 Å². The number of hydrogen-bond acceptors (Lipinski definition) is 3. The van der Waals surface area contributed by atoms with E-state index >= 15 is 0 Å². The molecule has 24 heavy (non-hydrogen) atoms. The molecule has 1 aliphatic heterocycles. The Morgan fingerprint density at radius 3 is 3.00 bits per heavy atom. The second-order valence-electron chi connectivity index (χ2n) is 7.01. The van der Waals surface area contributed by atoms with Crippen LogP contribution in [0.1, 0.15) is 37.7 Å². The monoisotopic (exact) mass is 328 g/mol. The van der Waals surface area contributed by atoms with Crippen molar-refractivity contribution in [2.24, 2.45) is 5.92 Å². The number of halogens is 1. The molecule has 1 aliphatic carbocycles. The highest BCUT2D eigenvalue weighted by molar-refractivity contribution is 5.82. The first kappa shape index (κ1) is 15.5.